The second-order valence-corrected chi connectivity index (χ2v) is 4.22. The molecule has 0 saturated heterocycles. The minimum absolute atomic E-state index is 0.0732. The van der Waals surface area contributed by atoms with E-state index in [4.69, 9.17) is 0 Å². The number of halogens is 6. The summed E-state index contributed by atoms with van der Waals surface area (Å²) in [6, 6.07) is -1.62. The van der Waals surface area contributed by atoms with Gasteiger partial charge in [-0.25, -0.2) is 0 Å². The van der Waals surface area contributed by atoms with Gasteiger partial charge >= 0.3 is 12.4 Å². The van der Waals surface area contributed by atoms with E-state index in [0.29, 0.717) is 0 Å². The van der Waals surface area contributed by atoms with Gasteiger partial charge in [0.1, 0.15) is 0 Å². The molecule has 0 rings (SSSR count). The van der Waals surface area contributed by atoms with Crippen molar-refractivity contribution in [2.24, 2.45) is 11.8 Å². The molecular weight excluding hydrogens is 260 g/mol. The fourth-order valence-electron chi connectivity index (χ4n) is 2.18. The highest BCUT2D eigenvalue weighted by Crippen LogP contribution is 2.43. The highest BCUT2D eigenvalue weighted by atomic mass is 19.4. The second kappa shape index (κ2) is 6.63. The van der Waals surface area contributed by atoms with Crippen LogP contribution in [0.3, 0.4) is 0 Å². The van der Waals surface area contributed by atoms with Crippen molar-refractivity contribution >= 4 is 0 Å². The predicted molar refractivity (Wildman–Crippen MR) is 57.1 cm³/mol. The van der Waals surface area contributed by atoms with Crippen molar-refractivity contribution in [3.05, 3.63) is 0 Å². The van der Waals surface area contributed by atoms with E-state index in [-0.39, 0.29) is 19.4 Å². The fourth-order valence-corrected chi connectivity index (χ4v) is 2.18. The van der Waals surface area contributed by atoms with Gasteiger partial charge in [0.2, 0.25) is 0 Å². The molecule has 18 heavy (non-hydrogen) atoms. The normalized spacial score (nSPS) is 15.5. The summed E-state index contributed by atoms with van der Waals surface area (Å²) in [5.74, 6) is -3.96. The molecule has 1 atom stereocenters. The number of hydrogen-bond donors (Lipinski definition) is 1. The van der Waals surface area contributed by atoms with Crippen molar-refractivity contribution in [3.63, 3.8) is 0 Å². The summed E-state index contributed by atoms with van der Waals surface area (Å²) in [5.41, 5.74) is 0. The van der Waals surface area contributed by atoms with Gasteiger partial charge in [0, 0.05) is 6.04 Å². The highest BCUT2D eigenvalue weighted by molar-refractivity contribution is 4.90. The van der Waals surface area contributed by atoms with Gasteiger partial charge in [-0.15, -0.1) is 0 Å². The summed E-state index contributed by atoms with van der Waals surface area (Å²) in [6.45, 7) is 4.77. The molecule has 0 aliphatic carbocycles. The molecule has 0 fully saturated rings. The van der Waals surface area contributed by atoms with E-state index >= 15 is 0 Å². The lowest BCUT2D eigenvalue weighted by atomic mass is 9.83. The molecule has 0 bridgehead atoms. The Morgan fingerprint density at radius 1 is 0.833 bits per heavy atom. The molecule has 0 heterocycles. The van der Waals surface area contributed by atoms with Gasteiger partial charge in [-0.1, -0.05) is 33.6 Å². The molecule has 0 amide bonds. The third kappa shape index (κ3) is 4.66. The van der Waals surface area contributed by atoms with Crippen LogP contribution in [0.2, 0.25) is 0 Å². The van der Waals surface area contributed by atoms with Crippen LogP contribution in [-0.2, 0) is 0 Å². The molecule has 1 N–H and O–H groups in total. The molecule has 0 aliphatic rings. The van der Waals surface area contributed by atoms with Crippen molar-refractivity contribution in [1.82, 2.24) is 5.32 Å². The van der Waals surface area contributed by atoms with Crippen LogP contribution in [0.5, 0.6) is 0 Å². The van der Waals surface area contributed by atoms with Crippen LogP contribution in [0, 0.1) is 11.8 Å². The number of rotatable bonds is 6. The fraction of sp³-hybridized carbons (Fsp3) is 1.00. The third-order valence-electron chi connectivity index (χ3n) is 3.06. The summed E-state index contributed by atoms with van der Waals surface area (Å²) in [4.78, 5) is 0. The van der Waals surface area contributed by atoms with E-state index in [1.54, 1.807) is 13.8 Å². The van der Waals surface area contributed by atoms with Gasteiger partial charge in [0.25, 0.3) is 0 Å². The van der Waals surface area contributed by atoms with Crippen molar-refractivity contribution in [3.8, 4) is 0 Å². The Labute approximate surface area is 103 Å². The Kier molecular flexibility index (Phi) is 6.46. The van der Waals surface area contributed by atoms with E-state index in [1.807, 2.05) is 0 Å². The van der Waals surface area contributed by atoms with Crippen LogP contribution in [-0.4, -0.2) is 24.9 Å². The maximum Gasteiger partial charge on any atom is 0.402 e. The molecule has 1 unspecified atom stereocenters. The SMILES string of the molecule is CCNC(C(CC)CC)C(C(F)(F)F)C(F)(F)F. The Morgan fingerprint density at radius 2 is 1.22 bits per heavy atom. The molecule has 0 saturated carbocycles. The maximum absolute atomic E-state index is 12.7. The average molecular weight is 279 g/mol. The van der Waals surface area contributed by atoms with Gasteiger partial charge in [0.05, 0.1) is 0 Å². The predicted octanol–water partition coefficient (Wildman–Crippen LogP) is 4.14. The van der Waals surface area contributed by atoms with Crippen LogP contribution in [0.4, 0.5) is 26.3 Å². The average Bonchev–Trinajstić information content (AvgIpc) is 2.15. The standard InChI is InChI=1S/C11H19F6N/c1-4-7(5-2)8(18-6-3)9(10(12,13)14)11(15,16)17/h7-9,18H,4-6H2,1-3H3. The first-order chi connectivity index (χ1) is 8.09. The number of alkyl halides is 6. The van der Waals surface area contributed by atoms with E-state index in [0.717, 1.165) is 0 Å². The van der Waals surface area contributed by atoms with Crippen LogP contribution in [0.25, 0.3) is 0 Å². The lowest BCUT2D eigenvalue weighted by Crippen LogP contribution is -2.54. The Hall–Kier alpha value is -0.460. The van der Waals surface area contributed by atoms with Crippen molar-refractivity contribution in [1.29, 1.82) is 0 Å². The quantitative estimate of drug-likeness (QED) is 0.720. The minimum Gasteiger partial charge on any atom is -0.313 e. The highest BCUT2D eigenvalue weighted by Gasteiger charge is 2.60. The first kappa shape index (κ1) is 17.5. The Morgan fingerprint density at radius 3 is 1.44 bits per heavy atom. The first-order valence-corrected chi connectivity index (χ1v) is 5.96. The van der Waals surface area contributed by atoms with Crippen molar-refractivity contribution < 1.29 is 26.3 Å². The minimum atomic E-state index is -5.28. The van der Waals surface area contributed by atoms with Gasteiger partial charge in [-0.05, 0) is 12.5 Å². The molecule has 0 aromatic carbocycles. The van der Waals surface area contributed by atoms with E-state index in [9.17, 15) is 26.3 Å². The molecule has 0 aromatic rings. The summed E-state index contributed by atoms with van der Waals surface area (Å²) < 4.78 is 76.0. The molecule has 0 aromatic heterocycles. The number of nitrogens with one attached hydrogen (secondary N) is 1. The smallest absolute Gasteiger partial charge is 0.313 e. The molecule has 0 spiro atoms. The molecule has 7 heteroatoms. The Bertz CT molecular complexity index is 217. The molecule has 110 valence electrons. The van der Waals surface area contributed by atoms with Gasteiger partial charge in [-0.3, -0.25) is 0 Å². The van der Waals surface area contributed by atoms with E-state index < -0.39 is 30.2 Å². The lowest BCUT2D eigenvalue weighted by molar-refractivity contribution is -0.295. The zero-order valence-corrected chi connectivity index (χ0v) is 10.6. The van der Waals surface area contributed by atoms with Crippen LogP contribution < -0.4 is 5.32 Å². The summed E-state index contributed by atoms with van der Waals surface area (Å²) in [6.07, 6.45) is -10.0. The van der Waals surface area contributed by atoms with E-state index in [2.05, 4.69) is 5.32 Å². The summed E-state index contributed by atoms with van der Waals surface area (Å²) in [7, 11) is 0. The van der Waals surface area contributed by atoms with Crippen LogP contribution in [0.1, 0.15) is 33.6 Å². The summed E-state index contributed by atoms with van der Waals surface area (Å²) >= 11 is 0. The maximum atomic E-state index is 12.7. The molecule has 1 nitrogen and oxygen atoms in total. The summed E-state index contributed by atoms with van der Waals surface area (Å²) in [5, 5.41) is 2.36. The third-order valence-corrected chi connectivity index (χ3v) is 3.06. The molecule has 0 aliphatic heterocycles. The van der Waals surface area contributed by atoms with Crippen LogP contribution >= 0.6 is 0 Å². The lowest BCUT2D eigenvalue weighted by Gasteiger charge is -2.35. The topological polar surface area (TPSA) is 12.0 Å². The van der Waals surface area contributed by atoms with E-state index in [1.165, 1.54) is 6.92 Å². The largest absolute Gasteiger partial charge is 0.402 e. The van der Waals surface area contributed by atoms with Gasteiger partial charge in [-0.2, -0.15) is 26.3 Å². The second-order valence-electron chi connectivity index (χ2n) is 4.22. The van der Waals surface area contributed by atoms with Crippen LogP contribution in [0.15, 0.2) is 0 Å². The first-order valence-electron chi connectivity index (χ1n) is 5.96. The monoisotopic (exact) mass is 279 g/mol. The van der Waals surface area contributed by atoms with Gasteiger partial charge < -0.3 is 5.32 Å². The molecular formula is C11H19F6N. The number of hydrogen-bond acceptors (Lipinski definition) is 1. The van der Waals surface area contributed by atoms with Crippen molar-refractivity contribution in [2.75, 3.05) is 6.54 Å². The zero-order valence-electron chi connectivity index (χ0n) is 10.6. The zero-order chi connectivity index (χ0) is 14.6. The van der Waals surface area contributed by atoms with Gasteiger partial charge in [0.15, 0.2) is 5.92 Å². The van der Waals surface area contributed by atoms with Crippen molar-refractivity contribution in [2.45, 2.75) is 52.0 Å². The molecule has 0 radical (unpaired) electrons. The Balaban J connectivity index is 5.36.